The predicted molar refractivity (Wildman–Crippen MR) is 96.7 cm³/mol. The van der Waals surface area contributed by atoms with Crippen LogP contribution in [0.2, 0.25) is 0 Å². The molecule has 0 saturated heterocycles. The van der Waals surface area contributed by atoms with E-state index in [4.69, 9.17) is 0 Å². The van der Waals surface area contributed by atoms with Gasteiger partial charge in [0.25, 0.3) is 11.6 Å². The molecule has 1 unspecified atom stereocenters. The molecule has 7 heteroatoms. The van der Waals surface area contributed by atoms with E-state index in [1.165, 1.54) is 18.3 Å². The lowest BCUT2D eigenvalue weighted by Crippen LogP contribution is -2.41. The quantitative estimate of drug-likeness (QED) is 0.387. The summed E-state index contributed by atoms with van der Waals surface area (Å²) in [6.45, 7) is 1.68. The summed E-state index contributed by atoms with van der Waals surface area (Å²) in [4.78, 5) is 23.6. The number of nitrogens with one attached hydrogen (secondary N) is 1. The monoisotopic (exact) mass is 417 g/mol. The number of amides is 1. The molecule has 0 saturated carbocycles. The van der Waals surface area contributed by atoms with Crippen LogP contribution in [0.1, 0.15) is 39.4 Å². The number of hydrogen-bond acceptors (Lipinski definition) is 3. The Morgan fingerprint density at radius 3 is 2.77 bits per heavy atom. The lowest BCUT2D eigenvalue weighted by atomic mass is 10.1. The van der Waals surface area contributed by atoms with Crippen LogP contribution in [0.5, 0.6) is 0 Å². The minimum absolute atomic E-state index is 0.238. The number of pyridine rings is 1. The highest BCUT2D eigenvalue weighted by molar-refractivity contribution is 9.10. The lowest BCUT2D eigenvalue weighted by Gasteiger charge is -2.14. The summed E-state index contributed by atoms with van der Waals surface area (Å²) < 4.78 is 14.9. The number of halogens is 2. The highest BCUT2D eigenvalue weighted by atomic mass is 79.9. The predicted octanol–water partition coefficient (Wildman–Crippen LogP) is 3.57. The lowest BCUT2D eigenvalue weighted by molar-refractivity contribution is -0.909. The van der Waals surface area contributed by atoms with Crippen LogP contribution in [0, 0.1) is 5.82 Å². The van der Waals surface area contributed by atoms with E-state index in [1.54, 1.807) is 37.3 Å². The highest BCUT2D eigenvalue weighted by Gasteiger charge is 2.27. The molecule has 0 aliphatic carbocycles. The zero-order valence-electron chi connectivity index (χ0n) is 13.7. The standard InChI is InChI=1S/C19H14BrFN2O3/c1-11(22-19(25)15-5-3-2-4-13(15)10-24)18-17(20)16-8-14(21)7-6-12(16)9-23(18)26/h2-11H,1H3,(H-,22,25,26)/p+1. The van der Waals surface area contributed by atoms with E-state index in [0.717, 1.165) is 4.73 Å². The normalized spacial score (nSPS) is 12.0. The molecule has 3 aromatic rings. The van der Waals surface area contributed by atoms with Gasteiger partial charge in [0.05, 0.1) is 9.86 Å². The Hall–Kier alpha value is -2.80. The van der Waals surface area contributed by atoms with E-state index in [0.29, 0.717) is 27.2 Å². The molecule has 0 aliphatic rings. The van der Waals surface area contributed by atoms with E-state index in [9.17, 15) is 19.2 Å². The number of hydrogen-bond donors (Lipinski definition) is 2. The number of aldehydes is 1. The van der Waals surface area contributed by atoms with Gasteiger partial charge in [0.15, 0.2) is 6.29 Å². The van der Waals surface area contributed by atoms with Gasteiger partial charge in [-0.25, -0.2) is 4.39 Å². The number of benzene rings is 2. The maximum absolute atomic E-state index is 13.6. The number of rotatable bonds is 4. The smallest absolute Gasteiger partial charge is 0.270 e. The van der Waals surface area contributed by atoms with E-state index in [1.807, 2.05) is 0 Å². The minimum atomic E-state index is -0.616. The van der Waals surface area contributed by atoms with Crippen molar-refractivity contribution in [2.45, 2.75) is 13.0 Å². The Bertz CT molecular complexity index is 1020. The van der Waals surface area contributed by atoms with Crippen LogP contribution in [0.15, 0.2) is 53.1 Å². The van der Waals surface area contributed by atoms with Crippen molar-refractivity contribution >= 4 is 38.9 Å². The molecular weight excluding hydrogens is 403 g/mol. The first-order valence-corrected chi connectivity index (χ1v) is 8.59. The van der Waals surface area contributed by atoms with E-state index >= 15 is 0 Å². The summed E-state index contributed by atoms with van der Waals surface area (Å²) >= 11 is 3.39. The number of nitrogens with zero attached hydrogens (tertiary/aromatic N) is 1. The van der Waals surface area contributed by atoms with Crippen molar-refractivity contribution in [3.8, 4) is 0 Å². The van der Waals surface area contributed by atoms with Crippen LogP contribution >= 0.6 is 15.9 Å². The first-order valence-electron chi connectivity index (χ1n) is 7.80. The van der Waals surface area contributed by atoms with Crippen LogP contribution in [0.4, 0.5) is 4.39 Å². The van der Waals surface area contributed by atoms with Crippen molar-refractivity contribution in [2.75, 3.05) is 0 Å². The minimum Gasteiger partial charge on any atom is -0.339 e. The Kier molecular flexibility index (Phi) is 4.99. The van der Waals surface area contributed by atoms with Gasteiger partial charge in [-0.05, 0) is 47.1 Å². The number of aromatic nitrogens is 1. The average molecular weight is 418 g/mol. The second-order valence-electron chi connectivity index (χ2n) is 5.80. The number of fused-ring (bicyclic) bond motifs is 1. The van der Waals surface area contributed by atoms with Gasteiger partial charge in [0.1, 0.15) is 11.9 Å². The van der Waals surface area contributed by atoms with Gasteiger partial charge in [-0.1, -0.05) is 18.2 Å². The summed E-state index contributed by atoms with van der Waals surface area (Å²) in [5.41, 5.74) is 0.857. The molecule has 1 amide bonds. The summed E-state index contributed by atoms with van der Waals surface area (Å²) in [6, 6.07) is 10.0. The number of carbonyl (C=O) groups is 2. The van der Waals surface area contributed by atoms with Gasteiger partial charge < -0.3 is 5.32 Å². The fraction of sp³-hybridized carbons (Fsp3) is 0.105. The molecule has 1 atom stereocenters. The van der Waals surface area contributed by atoms with Gasteiger partial charge in [0.2, 0.25) is 6.20 Å². The van der Waals surface area contributed by atoms with Crippen molar-refractivity contribution in [2.24, 2.45) is 0 Å². The molecule has 5 nitrogen and oxygen atoms in total. The SMILES string of the molecule is CC(NC(=O)c1ccccc1C=O)c1c(Br)c2cc(F)ccc2c[n+]1O. The maximum atomic E-state index is 13.6. The molecule has 3 rings (SSSR count). The van der Waals surface area contributed by atoms with Gasteiger partial charge in [0, 0.05) is 21.2 Å². The van der Waals surface area contributed by atoms with Crippen LogP contribution in [0.25, 0.3) is 10.8 Å². The van der Waals surface area contributed by atoms with Gasteiger partial charge in [-0.15, -0.1) is 0 Å². The van der Waals surface area contributed by atoms with Crippen LogP contribution in [0.3, 0.4) is 0 Å². The molecule has 0 radical (unpaired) electrons. The first-order chi connectivity index (χ1) is 12.4. The molecule has 1 aromatic heterocycles. The highest BCUT2D eigenvalue weighted by Crippen LogP contribution is 2.29. The summed E-state index contributed by atoms with van der Waals surface area (Å²) in [7, 11) is 0. The molecule has 2 aromatic carbocycles. The topological polar surface area (TPSA) is 70.3 Å². The summed E-state index contributed by atoms with van der Waals surface area (Å²) in [5.74, 6) is -0.858. The Morgan fingerprint density at radius 1 is 1.31 bits per heavy atom. The summed E-state index contributed by atoms with van der Waals surface area (Å²) in [5, 5.41) is 14.2. The van der Waals surface area contributed by atoms with Crippen molar-refractivity contribution in [3.05, 3.63) is 75.8 Å². The molecule has 2 N–H and O–H groups in total. The van der Waals surface area contributed by atoms with E-state index < -0.39 is 17.8 Å². The van der Waals surface area contributed by atoms with E-state index in [2.05, 4.69) is 21.2 Å². The zero-order valence-corrected chi connectivity index (χ0v) is 15.3. The van der Waals surface area contributed by atoms with Crippen molar-refractivity contribution < 1.29 is 23.9 Å². The molecule has 132 valence electrons. The summed E-state index contributed by atoms with van der Waals surface area (Å²) in [6.07, 6.45) is 2.05. The van der Waals surface area contributed by atoms with Crippen molar-refractivity contribution in [1.82, 2.24) is 5.32 Å². The van der Waals surface area contributed by atoms with E-state index in [-0.39, 0.29) is 11.1 Å². The van der Waals surface area contributed by atoms with Crippen molar-refractivity contribution in [1.29, 1.82) is 0 Å². The second-order valence-corrected chi connectivity index (χ2v) is 6.60. The average Bonchev–Trinajstić information content (AvgIpc) is 2.62. The molecule has 0 bridgehead atoms. The maximum Gasteiger partial charge on any atom is 0.270 e. The fourth-order valence-corrected chi connectivity index (χ4v) is 3.68. The Balaban J connectivity index is 1.98. The number of carbonyl (C=O) groups excluding carboxylic acids is 2. The molecule has 0 fully saturated rings. The largest absolute Gasteiger partial charge is 0.339 e. The molecule has 1 heterocycles. The van der Waals surface area contributed by atoms with Gasteiger partial charge >= 0.3 is 0 Å². The first kappa shape index (κ1) is 18.0. The second kappa shape index (κ2) is 7.21. The van der Waals surface area contributed by atoms with Gasteiger partial charge in [-0.3, -0.25) is 14.8 Å². The molecule has 0 spiro atoms. The third-order valence-corrected chi connectivity index (χ3v) is 4.91. The van der Waals surface area contributed by atoms with Crippen LogP contribution < -0.4 is 10.0 Å². The Labute approximate surface area is 157 Å². The third-order valence-electron chi connectivity index (χ3n) is 4.08. The molecule has 0 aliphatic heterocycles. The van der Waals surface area contributed by atoms with Crippen LogP contribution in [-0.4, -0.2) is 17.4 Å². The fourth-order valence-electron chi connectivity index (χ4n) is 2.81. The third kappa shape index (κ3) is 3.30. The van der Waals surface area contributed by atoms with Crippen LogP contribution in [-0.2, 0) is 0 Å². The molecular formula is C19H15BrFN2O3+. The van der Waals surface area contributed by atoms with Gasteiger partial charge in [-0.2, -0.15) is 0 Å². The van der Waals surface area contributed by atoms with Crippen molar-refractivity contribution in [3.63, 3.8) is 0 Å². The Morgan fingerprint density at radius 2 is 2.04 bits per heavy atom. The zero-order chi connectivity index (χ0) is 18.8. The molecule has 26 heavy (non-hydrogen) atoms.